The van der Waals surface area contributed by atoms with Gasteiger partial charge in [-0.3, -0.25) is 0 Å². The van der Waals surface area contributed by atoms with Gasteiger partial charge in [0, 0.05) is 5.56 Å². The lowest BCUT2D eigenvalue weighted by atomic mass is 10.0. The van der Waals surface area contributed by atoms with E-state index in [9.17, 15) is 5.11 Å². The van der Waals surface area contributed by atoms with E-state index in [-0.39, 0.29) is 5.75 Å². The Morgan fingerprint density at radius 3 is 2.56 bits per heavy atom. The number of ether oxygens (including phenoxy) is 1. The zero-order valence-electron chi connectivity index (χ0n) is 8.97. The summed E-state index contributed by atoms with van der Waals surface area (Å²) in [7, 11) is 1.63. The van der Waals surface area contributed by atoms with Gasteiger partial charge in [0.25, 0.3) is 0 Å². The fourth-order valence-corrected chi connectivity index (χ4v) is 1.61. The molecule has 0 bridgehead atoms. The predicted octanol–water partition coefficient (Wildman–Crippen LogP) is 2.65. The van der Waals surface area contributed by atoms with Gasteiger partial charge in [0.15, 0.2) is 0 Å². The molecule has 82 valence electrons. The van der Waals surface area contributed by atoms with Crippen LogP contribution in [0.1, 0.15) is 0 Å². The predicted molar refractivity (Wildman–Crippen MR) is 64.5 cm³/mol. The lowest BCUT2D eigenvalue weighted by Gasteiger charge is -2.09. The molecule has 16 heavy (non-hydrogen) atoms. The summed E-state index contributed by atoms with van der Waals surface area (Å²) < 4.78 is 5.27. The molecule has 0 aliphatic rings. The summed E-state index contributed by atoms with van der Waals surface area (Å²) in [6.45, 7) is 0. The van der Waals surface area contributed by atoms with Crippen molar-refractivity contribution in [2.24, 2.45) is 0 Å². The normalized spacial score (nSPS) is 10.1. The van der Waals surface area contributed by atoms with Crippen molar-refractivity contribution in [3.63, 3.8) is 0 Å². The molecule has 0 aliphatic heterocycles. The van der Waals surface area contributed by atoms with Crippen molar-refractivity contribution in [2.75, 3.05) is 12.8 Å². The Labute approximate surface area is 94.1 Å². The van der Waals surface area contributed by atoms with Crippen LogP contribution in [0.25, 0.3) is 11.1 Å². The van der Waals surface area contributed by atoms with E-state index in [0.29, 0.717) is 5.69 Å². The van der Waals surface area contributed by atoms with Crippen molar-refractivity contribution in [3.8, 4) is 22.6 Å². The third kappa shape index (κ3) is 1.80. The quantitative estimate of drug-likeness (QED) is 0.598. The standard InChI is InChI=1S/C13H13NO2/c1-16-13-5-3-2-4-10(13)9-6-7-12(15)11(14)8-9/h2-8,15H,14H2,1H3. The molecule has 0 saturated carbocycles. The maximum atomic E-state index is 9.36. The van der Waals surface area contributed by atoms with Crippen LogP contribution in [0.3, 0.4) is 0 Å². The summed E-state index contributed by atoms with van der Waals surface area (Å²) in [6.07, 6.45) is 0. The number of nitrogens with two attached hydrogens (primary N) is 1. The van der Waals surface area contributed by atoms with Crippen LogP contribution in [0, 0.1) is 0 Å². The van der Waals surface area contributed by atoms with Gasteiger partial charge < -0.3 is 15.6 Å². The van der Waals surface area contributed by atoms with Crippen molar-refractivity contribution in [1.29, 1.82) is 0 Å². The zero-order chi connectivity index (χ0) is 11.5. The van der Waals surface area contributed by atoms with E-state index in [1.807, 2.05) is 30.3 Å². The molecule has 0 aliphatic carbocycles. The molecular weight excluding hydrogens is 202 g/mol. The van der Waals surface area contributed by atoms with Gasteiger partial charge in [-0.15, -0.1) is 0 Å². The summed E-state index contributed by atoms with van der Waals surface area (Å²) in [5, 5.41) is 9.36. The van der Waals surface area contributed by atoms with Gasteiger partial charge >= 0.3 is 0 Å². The van der Waals surface area contributed by atoms with Crippen molar-refractivity contribution < 1.29 is 9.84 Å². The van der Waals surface area contributed by atoms with Gasteiger partial charge in [-0.05, 0) is 23.8 Å². The Hall–Kier alpha value is -2.16. The molecular formula is C13H13NO2. The van der Waals surface area contributed by atoms with Crippen molar-refractivity contribution in [2.45, 2.75) is 0 Å². The smallest absolute Gasteiger partial charge is 0.138 e. The second-order valence-electron chi connectivity index (χ2n) is 3.47. The molecule has 0 aromatic heterocycles. The first-order chi connectivity index (χ1) is 7.72. The van der Waals surface area contributed by atoms with Gasteiger partial charge in [-0.25, -0.2) is 0 Å². The molecule has 3 N–H and O–H groups in total. The summed E-state index contributed by atoms with van der Waals surface area (Å²) in [4.78, 5) is 0. The molecule has 2 rings (SSSR count). The fraction of sp³-hybridized carbons (Fsp3) is 0.0769. The van der Waals surface area contributed by atoms with Crippen molar-refractivity contribution >= 4 is 5.69 Å². The van der Waals surface area contributed by atoms with Crippen molar-refractivity contribution in [3.05, 3.63) is 42.5 Å². The topological polar surface area (TPSA) is 55.5 Å². The highest BCUT2D eigenvalue weighted by molar-refractivity contribution is 5.74. The van der Waals surface area contributed by atoms with Crippen molar-refractivity contribution in [1.82, 2.24) is 0 Å². The van der Waals surface area contributed by atoms with E-state index >= 15 is 0 Å². The second-order valence-corrected chi connectivity index (χ2v) is 3.47. The van der Waals surface area contributed by atoms with Crippen LogP contribution in [0.2, 0.25) is 0 Å². The minimum absolute atomic E-state index is 0.0960. The molecule has 0 fully saturated rings. The number of phenols is 1. The summed E-state index contributed by atoms with van der Waals surface area (Å²) in [5.41, 5.74) is 7.90. The van der Waals surface area contributed by atoms with Crippen LogP contribution in [0.5, 0.6) is 11.5 Å². The molecule has 3 heteroatoms. The summed E-state index contributed by atoms with van der Waals surface area (Å²) >= 11 is 0. The van der Waals surface area contributed by atoms with E-state index in [4.69, 9.17) is 10.5 Å². The number of nitrogen functional groups attached to an aromatic ring is 1. The van der Waals surface area contributed by atoms with Crippen LogP contribution in [0.4, 0.5) is 5.69 Å². The Kier molecular flexibility index (Phi) is 2.68. The molecule has 0 heterocycles. The highest BCUT2D eigenvalue weighted by Crippen LogP contribution is 2.33. The number of benzene rings is 2. The summed E-state index contributed by atoms with van der Waals surface area (Å²) in [6, 6.07) is 12.8. The zero-order valence-corrected chi connectivity index (χ0v) is 8.97. The maximum Gasteiger partial charge on any atom is 0.138 e. The van der Waals surface area contributed by atoms with E-state index in [1.165, 1.54) is 0 Å². The number of hydrogen-bond donors (Lipinski definition) is 2. The first kappa shape index (κ1) is 10.4. The molecule has 0 atom stereocenters. The molecule has 0 saturated heterocycles. The van der Waals surface area contributed by atoms with Gasteiger partial charge in [-0.1, -0.05) is 24.3 Å². The van der Waals surface area contributed by atoms with Crippen LogP contribution < -0.4 is 10.5 Å². The average molecular weight is 215 g/mol. The minimum atomic E-state index is 0.0960. The fourth-order valence-electron chi connectivity index (χ4n) is 1.61. The largest absolute Gasteiger partial charge is 0.506 e. The van der Waals surface area contributed by atoms with E-state index in [2.05, 4.69) is 0 Å². The van der Waals surface area contributed by atoms with Crippen LogP contribution >= 0.6 is 0 Å². The Bertz CT molecular complexity index is 509. The number of para-hydroxylation sites is 1. The second kappa shape index (κ2) is 4.14. The lowest BCUT2D eigenvalue weighted by molar-refractivity contribution is 0.416. The molecule has 0 spiro atoms. The number of aromatic hydroxyl groups is 1. The number of hydrogen-bond acceptors (Lipinski definition) is 3. The third-order valence-electron chi connectivity index (χ3n) is 2.45. The van der Waals surface area contributed by atoms with Gasteiger partial charge in [0.05, 0.1) is 12.8 Å². The van der Waals surface area contributed by atoms with Crippen LogP contribution in [-0.4, -0.2) is 12.2 Å². The number of anilines is 1. The van der Waals surface area contributed by atoms with Gasteiger partial charge in [-0.2, -0.15) is 0 Å². The molecule has 2 aromatic carbocycles. The van der Waals surface area contributed by atoms with Crippen LogP contribution in [-0.2, 0) is 0 Å². The monoisotopic (exact) mass is 215 g/mol. The number of phenolic OH excluding ortho intramolecular Hbond substituents is 1. The van der Waals surface area contributed by atoms with E-state index < -0.39 is 0 Å². The Balaban J connectivity index is 2.54. The Morgan fingerprint density at radius 1 is 1.12 bits per heavy atom. The highest BCUT2D eigenvalue weighted by atomic mass is 16.5. The molecule has 0 unspecified atom stereocenters. The number of rotatable bonds is 2. The molecule has 3 nitrogen and oxygen atoms in total. The van der Waals surface area contributed by atoms with E-state index in [1.54, 1.807) is 19.2 Å². The molecule has 2 aromatic rings. The van der Waals surface area contributed by atoms with Gasteiger partial charge in [0.2, 0.25) is 0 Å². The molecule has 0 amide bonds. The van der Waals surface area contributed by atoms with Gasteiger partial charge in [0.1, 0.15) is 11.5 Å². The van der Waals surface area contributed by atoms with E-state index in [0.717, 1.165) is 16.9 Å². The third-order valence-corrected chi connectivity index (χ3v) is 2.45. The number of methoxy groups -OCH3 is 1. The average Bonchev–Trinajstić information content (AvgIpc) is 2.32. The SMILES string of the molecule is COc1ccccc1-c1ccc(O)c(N)c1. The molecule has 0 radical (unpaired) electrons. The minimum Gasteiger partial charge on any atom is -0.506 e. The maximum absolute atomic E-state index is 9.36. The van der Waals surface area contributed by atoms with Crippen LogP contribution in [0.15, 0.2) is 42.5 Å². The first-order valence-corrected chi connectivity index (χ1v) is 4.94. The highest BCUT2D eigenvalue weighted by Gasteiger charge is 2.06. The Morgan fingerprint density at radius 2 is 1.88 bits per heavy atom. The first-order valence-electron chi connectivity index (χ1n) is 4.94. The summed E-state index contributed by atoms with van der Waals surface area (Å²) in [5.74, 6) is 0.881. The lowest BCUT2D eigenvalue weighted by Crippen LogP contribution is -1.90.